The molecule has 1 aliphatic rings. The number of nitrogens with zero attached hydrogens (tertiary/aromatic N) is 1. The van der Waals surface area contributed by atoms with Crippen molar-refractivity contribution >= 4 is 11.8 Å². The normalized spacial score (nSPS) is 19.3. The van der Waals surface area contributed by atoms with E-state index in [1.165, 1.54) is 12.8 Å². The van der Waals surface area contributed by atoms with E-state index in [1.54, 1.807) is 19.0 Å². The first-order chi connectivity index (χ1) is 8.59. The highest BCUT2D eigenvalue weighted by Gasteiger charge is 2.14. The van der Waals surface area contributed by atoms with Crippen LogP contribution >= 0.6 is 0 Å². The summed E-state index contributed by atoms with van der Waals surface area (Å²) in [5.41, 5.74) is 0. The van der Waals surface area contributed by atoms with Crippen molar-refractivity contribution in [1.82, 2.24) is 15.5 Å². The van der Waals surface area contributed by atoms with E-state index in [2.05, 4.69) is 10.6 Å². The minimum Gasteiger partial charge on any atom is -0.356 e. The third-order valence-electron chi connectivity index (χ3n) is 3.34. The van der Waals surface area contributed by atoms with Crippen molar-refractivity contribution in [3.05, 3.63) is 0 Å². The molecule has 0 aromatic carbocycles. The van der Waals surface area contributed by atoms with Crippen molar-refractivity contribution in [1.29, 1.82) is 0 Å². The van der Waals surface area contributed by atoms with E-state index in [0.717, 1.165) is 19.5 Å². The number of carbonyl (C=O) groups excluding carboxylic acids is 2. The van der Waals surface area contributed by atoms with Crippen molar-refractivity contribution in [3.8, 4) is 0 Å². The molecule has 5 nitrogen and oxygen atoms in total. The van der Waals surface area contributed by atoms with Crippen molar-refractivity contribution in [3.63, 3.8) is 0 Å². The summed E-state index contributed by atoms with van der Waals surface area (Å²) in [6.07, 6.45) is 4.33. The quantitative estimate of drug-likeness (QED) is 0.720. The molecule has 1 rings (SSSR count). The zero-order chi connectivity index (χ0) is 13.4. The topological polar surface area (TPSA) is 61.4 Å². The Morgan fingerprint density at radius 1 is 1.33 bits per heavy atom. The maximum Gasteiger partial charge on any atom is 0.223 e. The van der Waals surface area contributed by atoms with Crippen LogP contribution in [0.3, 0.4) is 0 Å². The number of carbonyl (C=O) groups is 2. The van der Waals surface area contributed by atoms with Gasteiger partial charge < -0.3 is 15.5 Å². The molecule has 1 unspecified atom stereocenters. The molecule has 1 heterocycles. The fraction of sp³-hybridized carbons (Fsp3) is 0.846. The van der Waals surface area contributed by atoms with Gasteiger partial charge in [-0.1, -0.05) is 0 Å². The molecule has 0 aromatic rings. The zero-order valence-corrected chi connectivity index (χ0v) is 11.5. The average Bonchev–Trinajstić information content (AvgIpc) is 2.37. The second-order valence-corrected chi connectivity index (χ2v) is 5.14. The first-order valence-corrected chi connectivity index (χ1v) is 6.77. The highest BCUT2D eigenvalue weighted by molar-refractivity contribution is 5.78. The Balaban J connectivity index is 2.04. The van der Waals surface area contributed by atoms with Gasteiger partial charge in [0.15, 0.2) is 0 Å². The van der Waals surface area contributed by atoms with Gasteiger partial charge in [-0.3, -0.25) is 9.59 Å². The van der Waals surface area contributed by atoms with E-state index in [4.69, 9.17) is 0 Å². The van der Waals surface area contributed by atoms with E-state index in [1.807, 2.05) is 0 Å². The molecule has 18 heavy (non-hydrogen) atoms. The van der Waals surface area contributed by atoms with Gasteiger partial charge in [0.05, 0.1) is 0 Å². The Kier molecular flexibility index (Phi) is 6.72. The Morgan fingerprint density at radius 2 is 2.11 bits per heavy atom. The highest BCUT2D eigenvalue weighted by atomic mass is 16.2. The van der Waals surface area contributed by atoms with Gasteiger partial charge in [0.1, 0.15) is 0 Å². The Hall–Kier alpha value is -1.10. The van der Waals surface area contributed by atoms with Gasteiger partial charge in [0, 0.05) is 33.5 Å². The molecule has 1 fully saturated rings. The molecule has 0 spiro atoms. The molecule has 2 amide bonds. The van der Waals surface area contributed by atoms with E-state index in [-0.39, 0.29) is 11.8 Å². The molecule has 0 aromatic heterocycles. The second-order valence-electron chi connectivity index (χ2n) is 5.14. The molecule has 0 bridgehead atoms. The molecule has 0 aliphatic carbocycles. The third kappa shape index (κ3) is 6.00. The minimum absolute atomic E-state index is 0.0479. The summed E-state index contributed by atoms with van der Waals surface area (Å²) >= 11 is 0. The summed E-state index contributed by atoms with van der Waals surface area (Å²) in [5.74, 6) is 0.742. The van der Waals surface area contributed by atoms with Crippen LogP contribution in [0.4, 0.5) is 0 Å². The average molecular weight is 255 g/mol. The van der Waals surface area contributed by atoms with Crippen LogP contribution in [0, 0.1) is 5.92 Å². The van der Waals surface area contributed by atoms with Gasteiger partial charge in [0.2, 0.25) is 11.8 Å². The molecule has 104 valence electrons. The largest absolute Gasteiger partial charge is 0.356 e. The van der Waals surface area contributed by atoms with Crippen LogP contribution in [0.2, 0.25) is 0 Å². The Labute approximate surface area is 109 Å². The van der Waals surface area contributed by atoms with Gasteiger partial charge in [-0.05, 0) is 38.3 Å². The van der Waals surface area contributed by atoms with Gasteiger partial charge in [0.25, 0.3) is 0 Å². The number of hydrogen-bond acceptors (Lipinski definition) is 3. The van der Waals surface area contributed by atoms with Gasteiger partial charge in [-0.15, -0.1) is 0 Å². The summed E-state index contributed by atoms with van der Waals surface area (Å²) in [6, 6.07) is 0. The Bertz CT molecular complexity index is 273. The summed E-state index contributed by atoms with van der Waals surface area (Å²) < 4.78 is 0. The van der Waals surface area contributed by atoms with Crippen LogP contribution < -0.4 is 10.6 Å². The highest BCUT2D eigenvalue weighted by Crippen LogP contribution is 2.15. The van der Waals surface area contributed by atoms with Crippen LogP contribution in [0.25, 0.3) is 0 Å². The van der Waals surface area contributed by atoms with E-state index < -0.39 is 0 Å². The first kappa shape index (κ1) is 15.0. The summed E-state index contributed by atoms with van der Waals surface area (Å²) in [4.78, 5) is 24.4. The van der Waals surface area contributed by atoms with Crippen molar-refractivity contribution in [2.75, 3.05) is 33.7 Å². The molecular formula is C13H25N3O2. The van der Waals surface area contributed by atoms with Gasteiger partial charge in [-0.25, -0.2) is 0 Å². The molecule has 1 saturated heterocycles. The van der Waals surface area contributed by atoms with E-state index in [9.17, 15) is 9.59 Å². The molecule has 5 heteroatoms. The molecular weight excluding hydrogens is 230 g/mol. The SMILES string of the molecule is CN(C)C(=O)CCNC(=O)CCC1CCCNC1. The molecule has 0 saturated carbocycles. The summed E-state index contributed by atoms with van der Waals surface area (Å²) in [7, 11) is 3.44. The first-order valence-electron chi connectivity index (χ1n) is 6.77. The fourth-order valence-corrected chi connectivity index (χ4v) is 2.13. The van der Waals surface area contributed by atoms with Crippen molar-refractivity contribution in [2.24, 2.45) is 5.92 Å². The molecule has 1 atom stereocenters. The number of amides is 2. The van der Waals surface area contributed by atoms with Gasteiger partial charge >= 0.3 is 0 Å². The van der Waals surface area contributed by atoms with Crippen LogP contribution in [-0.2, 0) is 9.59 Å². The lowest BCUT2D eigenvalue weighted by atomic mass is 9.94. The lowest BCUT2D eigenvalue weighted by molar-refractivity contribution is -0.128. The summed E-state index contributed by atoms with van der Waals surface area (Å²) in [6.45, 7) is 2.58. The second kappa shape index (κ2) is 8.08. The predicted molar refractivity (Wildman–Crippen MR) is 71.1 cm³/mol. The monoisotopic (exact) mass is 255 g/mol. The summed E-state index contributed by atoms with van der Waals surface area (Å²) in [5, 5.41) is 6.15. The van der Waals surface area contributed by atoms with Crippen LogP contribution in [-0.4, -0.2) is 50.4 Å². The maximum atomic E-state index is 11.6. The molecule has 0 radical (unpaired) electrons. The number of nitrogens with one attached hydrogen (secondary N) is 2. The smallest absolute Gasteiger partial charge is 0.223 e. The van der Waals surface area contributed by atoms with E-state index >= 15 is 0 Å². The lowest BCUT2D eigenvalue weighted by Gasteiger charge is -2.22. The molecule has 1 aliphatic heterocycles. The standard InChI is InChI=1S/C13H25N3O2/c1-16(2)13(18)7-9-15-12(17)6-5-11-4-3-8-14-10-11/h11,14H,3-10H2,1-2H3,(H,15,17). The zero-order valence-electron chi connectivity index (χ0n) is 11.5. The third-order valence-corrected chi connectivity index (χ3v) is 3.34. The maximum absolute atomic E-state index is 11.6. The fourth-order valence-electron chi connectivity index (χ4n) is 2.13. The lowest BCUT2D eigenvalue weighted by Crippen LogP contribution is -2.32. The number of hydrogen-bond donors (Lipinski definition) is 2. The predicted octanol–water partition coefficient (Wildman–Crippen LogP) is 0.361. The van der Waals surface area contributed by atoms with E-state index in [0.29, 0.717) is 25.3 Å². The number of rotatable bonds is 6. The molecule has 2 N–H and O–H groups in total. The van der Waals surface area contributed by atoms with Crippen molar-refractivity contribution < 1.29 is 9.59 Å². The van der Waals surface area contributed by atoms with Crippen LogP contribution in [0.5, 0.6) is 0 Å². The van der Waals surface area contributed by atoms with Gasteiger partial charge in [-0.2, -0.15) is 0 Å². The Morgan fingerprint density at radius 3 is 2.72 bits per heavy atom. The number of piperidine rings is 1. The van der Waals surface area contributed by atoms with Crippen molar-refractivity contribution in [2.45, 2.75) is 32.1 Å². The van der Waals surface area contributed by atoms with Crippen LogP contribution in [0.1, 0.15) is 32.1 Å². The van der Waals surface area contributed by atoms with Crippen LogP contribution in [0.15, 0.2) is 0 Å². The minimum atomic E-state index is 0.0479.